The van der Waals surface area contributed by atoms with Crippen LogP contribution in [0.1, 0.15) is 35.7 Å². The van der Waals surface area contributed by atoms with Gasteiger partial charge < -0.3 is 14.5 Å². The molecule has 7 heteroatoms. The Kier molecular flexibility index (Phi) is 4.60. The molecule has 0 unspecified atom stereocenters. The monoisotopic (exact) mass is 411 g/mol. The van der Waals surface area contributed by atoms with E-state index in [1.54, 1.807) is 4.90 Å². The molecule has 0 amide bonds. The Morgan fingerprint density at radius 1 is 1.27 bits per heavy atom. The summed E-state index contributed by atoms with van der Waals surface area (Å²) < 4.78 is 34.1. The number of halogens is 2. The van der Waals surface area contributed by atoms with Crippen LogP contribution in [0.2, 0.25) is 0 Å². The fourth-order valence-electron chi connectivity index (χ4n) is 4.50. The van der Waals surface area contributed by atoms with E-state index in [0.717, 1.165) is 33.2 Å². The quantitative estimate of drug-likeness (QED) is 0.509. The molecule has 3 heterocycles. The van der Waals surface area contributed by atoms with Crippen molar-refractivity contribution < 1.29 is 18.3 Å². The minimum absolute atomic E-state index is 0.384. The zero-order chi connectivity index (χ0) is 20.9. The number of rotatable bonds is 5. The topological polar surface area (TPSA) is 65.3 Å². The number of H-pyrrole nitrogens is 1. The molecule has 0 bridgehead atoms. The van der Waals surface area contributed by atoms with Crippen LogP contribution in [-0.2, 0) is 12.8 Å². The van der Waals surface area contributed by atoms with E-state index in [1.165, 1.54) is 0 Å². The van der Waals surface area contributed by atoms with Gasteiger partial charge in [0.1, 0.15) is 12.1 Å². The molecule has 1 aliphatic rings. The first-order chi connectivity index (χ1) is 14.5. The molecule has 0 aliphatic carbocycles. The number of nitrogens with zero attached hydrogens (tertiary/aromatic N) is 2. The lowest BCUT2D eigenvalue weighted by molar-refractivity contribution is -0.0788. The highest BCUT2D eigenvalue weighted by molar-refractivity contribution is 5.85. The zero-order valence-electron chi connectivity index (χ0n) is 16.7. The Hall–Kier alpha value is -2.77. The summed E-state index contributed by atoms with van der Waals surface area (Å²) in [5, 5.41) is 10.3. The second-order valence-electron chi connectivity index (χ2n) is 7.89. The highest BCUT2D eigenvalue weighted by Crippen LogP contribution is 2.40. The minimum atomic E-state index is -3.17. The molecule has 0 saturated heterocycles. The fourth-order valence-corrected chi connectivity index (χ4v) is 4.50. The lowest BCUT2D eigenvalue weighted by Gasteiger charge is -2.37. The van der Waals surface area contributed by atoms with Gasteiger partial charge in [0.05, 0.1) is 12.6 Å². The lowest BCUT2D eigenvalue weighted by Crippen LogP contribution is -2.44. The molecule has 5 rings (SSSR count). The molecule has 1 aliphatic heterocycles. The van der Waals surface area contributed by atoms with Gasteiger partial charge in [-0.1, -0.05) is 31.2 Å². The van der Waals surface area contributed by atoms with E-state index < -0.39 is 19.1 Å². The van der Waals surface area contributed by atoms with Crippen molar-refractivity contribution in [3.8, 4) is 0 Å². The number of hydrogen-bond donors (Lipinski definition) is 2. The summed E-state index contributed by atoms with van der Waals surface area (Å²) >= 11 is 0. The summed E-state index contributed by atoms with van der Waals surface area (Å²) in [5.74, 6) is -2.52. The molecule has 0 saturated carbocycles. The number of alkyl halides is 2. The van der Waals surface area contributed by atoms with Crippen LogP contribution in [0.5, 0.6) is 0 Å². The standard InChI is InChI=1S/C23H23F2N3O2/c1-2-20-26-18-11-14(7-8-19(18)30-20)22-21-16(15-5-3-4-6-17(15)27-21)9-10-28(22)12-23(24,25)13-29/h3-8,11,22,27,29H,2,9-10,12-13H2,1H3/t22-/m1/s1. The van der Waals surface area contributed by atoms with Crippen LogP contribution in [0.4, 0.5) is 8.78 Å². The number of fused-ring (bicyclic) bond motifs is 4. The largest absolute Gasteiger partial charge is 0.441 e. The van der Waals surface area contributed by atoms with Crippen molar-refractivity contribution in [2.24, 2.45) is 0 Å². The fraction of sp³-hybridized carbons (Fsp3) is 0.348. The van der Waals surface area contributed by atoms with Crippen molar-refractivity contribution >= 4 is 22.0 Å². The third kappa shape index (κ3) is 3.18. The lowest BCUT2D eigenvalue weighted by atomic mass is 9.92. The second kappa shape index (κ2) is 7.18. The van der Waals surface area contributed by atoms with E-state index in [2.05, 4.69) is 16.0 Å². The van der Waals surface area contributed by atoms with Crippen LogP contribution in [0, 0.1) is 0 Å². The summed E-state index contributed by atoms with van der Waals surface area (Å²) in [5.41, 5.74) is 5.37. The van der Waals surface area contributed by atoms with Gasteiger partial charge in [0, 0.05) is 29.6 Å². The van der Waals surface area contributed by atoms with Crippen LogP contribution >= 0.6 is 0 Å². The van der Waals surface area contributed by atoms with E-state index in [4.69, 9.17) is 9.52 Å². The molecule has 5 nitrogen and oxygen atoms in total. The van der Waals surface area contributed by atoms with Crippen LogP contribution in [0.3, 0.4) is 0 Å². The van der Waals surface area contributed by atoms with Gasteiger partial charge in [0.15, 0.2) is 11.5 Å². The number of aromatic nitrogens is 2. The van der Waals surface area contributed by atoms with Gasteiger partial charge in [0.2, 0.25) is 0 Å². The molecular weight excluding hydrogens is 388 g/mol. The molecule has 2 aromatic heterocycles. The number of para-hydroxylation sites is 1. The summed E-state index contributed by atoms with van der Waals surface area (Å²) in [6.45, 7) is 0.770. The van der Waals surface area contributed by atoms with Crippen LogP contribution in [0.15, 0.2) is 46.9 Å². The van der Waals surface area contributed by atoms with Gasteiger partial charge in [0.25, 0.3) is 5.92 Å². The van der Waals surface area contributed by atoms with E-state index >= 15 is 0 Å². The van der Waals surface area contributed by atoms with Crippen LogP contribution < -0.4 is 0 Å². The Balaban J connectivity index is 1.66. The highest BCUT2D eigenvalue weighted by atomic mass is 19.3. The zero-order valence-corrected chi connectivity index (χ0v) is 16.7. The average Bonchev–Trinajstić information content (AvgIpc) is 3.33. The molecule has 0 fully saturated rings. The predicted octanol–water partition coefficient (Wildman–Crippen LogP) is 4.45. The van der Waals surface area contributed by atoms with Crippen molar-refractivity contribution in [2.45, 2.75) is 31.7 Å². The van der Waals surface area contributed by atoms with Crippen molar-refractivity contribution in [3.63, 3.8) is 0 Å². The number of aliphatic hydroxyl groups is 1. The number of nitrogens with one attached hydrogen (secondary N) is 1. The van der Waals surface area contributed by atoms with Crippen molar-refractivity contribution in [3.05, 3.63) is 65.2 Å². The maximum Gasteiger partial charge on any atom is 0.283 e. The molecule has 1 atom stereocenters. The van der Waals surface area contributed by atoms with Crippen LogP contribution in [-0.4, -0.2) is 45.6 Å². The first-order valence-electron chi connectivity index (χ1n) is 10.2. The highest BCUT2D eigenvalue weighted by Gasteiger charge is 2.38. The maximum absolute atomic E-state index is 14.2. The third-order valence-corrected chi connectivity index (χ3v) is 5.87. The summed E-state index contributed by atoms with van der Waals surface area (Å²) in [6.07, 6.45) is 1.36. The number of aryl methyl sites for hydroxylation is 1. The molecule has 2 N–H and O–H groups in total. The summed E-state index contributed by atoms with van der Waals surface area (Å²) in [7, 11) is 0. The van der Waals surface area contributed by atoms with Crippen LogP contribution in [0.25, 0.3) is 22.0 Å². The van der Waals surface area contributed by atoms with Crippen molar-refractivity contribution in [1.29, 1.82) is 0 Å². The molecule has 0 radical (unpaired) electrons. The number of hydrogen-bond acceptors (Lipinski definition) is 4. The maximum atomic E-state index is 14.2. The molecule has 4 aromatic rings. The summed E-state index contributed by atoms with van der Waals surface area (Å²) in [6, 6.07) is 13.3. The van der Waals surface area contributed by atoms with Gasteiger partial charge >= 0.3 is 0 Å². The number of benzene rings is 2. The Morgan fingerprint density at radius 3 is 2.90 bits per heavy atom. The minimum Gasteiger partial charge on any atom is -0.441 e. The van der Waals surface area contributed by atoms with Gasteiger partial charge in [-0.05, 0) is 35.7 Å². The molecule has 2 aromatic carbocycles. The number of aliphatic hydroxyl groups excluding tert-OH is 1. The Morgan fingerprint density at radius 2 is 2.10 bits per heavy atom. The number of aromatic amines is 1. The van der Waals surface area contributed by atoms with E-state index in [1.807, 2.05) is 43.3 Å². The first-order valence-corrected chi connectivity index (χ1v) is 10.2. The normalized spacial score (nSPS) is 17.7. The molecule has 156 valence electrons. The van der Waals surface area contributed by atoms with Gasteiger partial charge in [-0.2, -0.15) is 0 Å². The predicted molar refractivity (Wildman–Crippen MR) is 111 cm³/mol. The third-order valence-electron chi connectivity index (χ3n) is 5.87. The molecule has 0 spiro atoms. The van der Waals surface area contributed by atoms with E-state index in [9.17, 15) is 8.78 Å². The average molecular weight is 411 g/mol. The summed E-state index contributed by atoms with van der Waals surface area (Å²) in [4.78, 5) is 9.73. The van der Waals surface area contributed by atoms with E-state index in [-0.39, 0.29) is 6.04 Å². The van der Waals surface area contributed by atoms with Crippen molar-refractivity contribution in [1.82, 2.24) is 14.9 Å². The number of oxazole rings is 1. The van der Waals surface area contributed by atoms with Crippen molar-refractivity contribution in [2.75, 3.05) is 19.7 Å². The molecular formula is C23H23F2N3O2. The Bertz CT molecular complexity index is 1210. The Labute approximate surface area is 172 Å². The smallest absolute Gasteiger partial charge is 0.283 e. The molecule has 30 heavy (non-hydrogen) atoms. The van der Waals surface area contributed by atoms with Gasteiger partial charge in [-0.3, -0.25) is 4.90 Å². The van der Waals surface area contributed by atoms with E-state index in [0.29, 0.717) is 30.9 Å². The first kappa shape index (κ1) is 19.2. The van der Waals surface area contributed by atoms with Gasteiger partial charge in [-0.25, -0.2) is 13.8 Å². The SMILES string of the molecule is CCc1nc2cc([C@@H]3c4[nH]c5ccccc5c4CCN3CC(F)(F)CO)ccc2o1. The van der Waals surface area contributed by atoms with Gasteiger partial charge in [-0.15, -0.1) is 0 Å². The second-order valence-corrected chi connectivity index (χ2v) is 7.89.